The minimum absolute atomic E-state index is 0.0164. The Kier molecular flexibility index (Phi) is 6.00. The van der Waals surface area contributed by atoms with Crippen LogP contribution in [0.4, 0.5) is 0 Å². The first-order valence-electron chi connectivity index (χ1n) is 7.57. The molecule has 0 aliphatic heterocycles. The van der Waals surface area contributed by atoms with E-state index in [0.717, 1.165) is 0 Å². The summed E-state index contributed by atoms with van der Waals surface area (Å²) in [4.78, 5) is 23.8. The number of ketones is 1. The SMILES string of the molecule is COc1ccc(C(C)=O)cc1COC(=O)c1ccc(OC)c(OC)c1. The van der Waals surface area contributed by atoms with Crippen LogP contribution >= 0.6 is 0 Å². The number of carbonyl (C=O) groups is 2. The van der Waals surface area contributed by atoms with Gasteiger partial charge >= 0.3 is 5.97 Å². The van der Waals surface area contributed by atoms with Crippen molar-refractivity contribution in [2.24, 2.45) is 0 Å². The lowest BCUT2D eigenvalue weighted by atomic mass is 10.1. The van der Waals surface area contributed by atoms with E-state index in [2.05, 4.69) is 0 Å². The van der Waals surface area contributed by atoms with Crippen LogP contribution in [0.15, 0.2) is 36.4 Å². The molecule has 0 saturated heterocycles. The van der Waals surface area contributed by atoms with E-state index < -0.39 is 5.97 Å². The molecule has 0 aliphatic carbocycles. The zero-order valence-electron chi connectivity index (χ0n) is 14.6. The highest BCUT2D eigenvalue weighted by molar-refractivity contribution is 5.94. The van der Waals surface area contributed by atoms with Gasteiger partial charge in [-0.2, -0.15) is 0 Å². The van der Waals surface area contributed by atoms with Crippen LogP contribution in [-0.4, -0.2) is 33.1 Å². The molecule has 2 aromatic rings. The highest BCUT2D eigenvalue weighted by Crippen LogP contribution is 2.28. The molecule has 0 saturated carbocycles. The topological polar surface area (TPSA) is 71.1 Å². The zero-order chi connectivity index (χ0) is 18.4. The third-order valence-corrected chi connectivity index (χ3v) is 3.66. The highest BCUT2D eigenvalue weighted by atomic mass is 16.5. The Labute approximate surface area is 146 Å². The molecule has 0 atom stereocenters. The first-order chi connectivity index (χ1) is 12.0. The Morgan fingerprint density at radius 1 is 0.800 bits per heavy atom. The van der Waals surface area contributed by atoms with Gasteiger partial charge in [-0.25, -0.2) is 4.79 Å². The number of methoxy groups -OCH3 is 3. The van der Waals surface area contributed by atoms with Gasteiger partial charge in [0, 0.05) is 11.1 Å². The van der Waals surface area contributed by atoms with Gasteiger partial charge in [0.25, 0.3) is 0 Å². The molecule has 6 heteroatoms. The molecule has 25 heavy (non-hydrogen) atoms. The number of carbonyl (C=O) groups excluding carboxylic acids is 2. The second kappa shape index (κ2) is 8.19. The van der Waals surface area contributed by atoms with Gasteiger partial charge in [0.15, 0.2) is 17.3 Å². The second-order valence-electron chi connectivity index (χ2n) is 5.23. The van der Waals surface area contributed by atoms with Gasteiger partial charge in [0.1, 0.15) is 12.4 Å². The summed E-state index contributed by atoms with van der Waals surface area (Å²) in [6, 6.07) is 9.77. The molecule has 6 nitrogen and oxygen atoms in total. The number of Topliss-reactive ketones (excluding diaryl/α,β-unsaturated/α-hetero) is 1. The molecule has 0 fully saturated rings. The largest absolute Gasteiger partial charge is 0.496 e. The molecule has 2 rings (SSSR count). The van der Waals surface area contributed by atoms with Crippen molar-refractivity contribution in [3.05, 3.63) is 53.1 Å². The van der Waals surface area contributed by atoms with Crippen LogP contribution in [-0.2, 0) is 11.3 Å². The fourth-order valence-corrected chi connectivity index (χ4v) is 2.30. The van der Waals surface area contributed by atoms with E-state index in [1.54, 1.807) is 36.4 Å². The minimum Gasteiger partial charge on any atom is -0.496 e. The maximum atomic E-state index is 12.3. The Hall–Kier alpha value is -3.02. The van der Waals surface area contributed by atoms with Crippen LogP contribution in [0.1, 0.15) is 33.2 Å². The molecular weight excluding hydrogens is 324 g/mol. The molecule has 0 aliphatic rings. The summed E-state index contributed by atoms with van der Waals surface area (Å²) in [5, 5.41) is 0. The summed E-state index contributed by atoms with van der Waals surface area (Å²) in [6.07, 6.45) is 0. The molecule has 2 aromatic carbocycles. The lowest BCUT2D eigenvalue weighted by Crippen LogP contribution is -2.07. The van der Waals surface area contributed by atoms with Crippen molar-refractivity contribution in [3.63, 3.8) is 0 Å². The van der Waals surface area contributed by atoms with Gasteiger partial charge in [0.2, 0.25) is 0 Å². The third kappa shape index (κ3) is 4.29. The lowest BCUT2D eigenvalue weighted by Gasteiger charge is -2.12. The van der Waals surface area contributed by atoms with E-state index in [9.17, 15) is 9.59 Å². The second-order valence-corrected chi connectivity index (χ2v) is 5.23. The van der Waals surface area contributed by atoms with Gasteiger partial charge in [0.05, 0.1) is 26.9 Å². The van der Waals surface area contributed by atoms with Gasteiger partial charge in [-0.3, -0.25) is 4.79 Å². The number of rotatable bonds is 7. The molecular formula is C19H20O6. The van der Waals surface area contributed by atoms with Gasteiger partial charge in [-0.05, 0) is 43.3 Å². The normalized spacial score (nSPS) is 10.1. The van der Waals surface area contributed by atoms with Crippen LogP contribution in [0.25, 0.3) is 0 Å². The molecule has 0 spiro atoms. The Morgan fingerprint density at radius 3 is 2.00 bits per heavy atom. The van der Waals surface area contributed by atoms with Crippen molar-refractivity contribution in [1.82, 2.24) is 0 Å². The van der Waals surface area contributed by atoms with Gasteiger partial charge < -0.3 is 18.9 Å². The van der Waals surface area contributed by atoms with E-state index in [-0.39, 0.29) is 12.4 Å². The molecule has 0 radical (unpaired) electrons. The Morgan fingerprint density at radius 2 is 1.40 bits per heavy atom. The maximum absolute atomic E-state index is 12.3. The van der Waals surface area contributed by atoms with Crippen molar-refractivity contribution < 1.29 is 28.5 Å². The maximum Gasteiger partial charge on any atom is 0.338 e. The molecule has 132 valence electrons. The first kappa shape index (κ1) is 18.3. The van der Waals surface area contributed by atoms with Crippen LogP contribution in [0.2, 0.25) is 0 Å². The number of hydrogen-bond acceptors (Lipinski definition) is 6. The van der Waals surface area contributed by atoms with Crippen LogP contribution in [0, 0.1) is 0 Å². The smallest absolute Gasteiger partial charge is 0.338 e. The van der Waals surface area contributed by atoms with Crippen molar-refractivity contribution in [3.8, 4) is 17.2 Å². The Balaban J connectivity index is 2.17. The van der Waals surface area contributed by atoms with E-state index in [4.69, 9.17) is 18.9 Å². The number of ether oxygens (including phenoxy) is 4. The van der Waals surface area contributed by atoms with Crippen molar-refractivity contribution in [2.75, 3.05) is 21.3 Å². The quantitative estimate of drug-likeness (QED) is 0.567. The molecule has 0 N–H and O–H groups in total. The van der Waals surface area contributed by atoms with E-state index in [1.807, 2.05) is 0 Å². The first-order valence-corrected chi connectivity index (χ1v) is 7.57. The molecule has 0 bridgehead atoms. The van der Waals surface area contributed by atoms with Crippen LogP contribution in [0.5, 0.6) is 17.2 Å². The molecule has 0 unspecified atom stereocenters. The molecule has 0 amide bonds. The predicted molar refractivity (Wildman–Crippen MR) is 91.7 cm³/mol. The highest BCUT2D eigenvalue weighted by Gasteiger charge is 2.14. The monoisotopic (exact) mass is 344 g/mol. The Bertz CT molecular complexity index is 781. The average Bonchev–Trinajstić information content (AvgIpc) is 2.64. The number of esters is 1. The fraction of sp³-hybridized carbons (Fsp3) is 0.263. The predicted octanol–water partition coefficient (Wildman–Crippen LogP) is 3.27. The summed E-state index contributed by atoms with van der Waals surface area (Å²) in [5.41, 5.74) is 1.47. The molecule has 0 heterocycles. The van der Waals surface area contributed by atoms with Gasteiger partial charge in [-0.1, -0.05) is 0 Å². The summed E-state index contributed by atoms with van der Waals surface area (Å²) in [7, 11) is 4.53. The van der Waals surface area contributed by atoms with Crippen LogP contribution in [0.3, 0.4) is 0 Å². The van der Waals surface area contributed by atoms with Crippen molar-refractivity contribution in [2.45, 2.75) is 13.5 Å². The van der Waals surface area contributed by atoms with E-state index >= 15 is 0 Å². The van der Waals surface area contributed by atoms with Crippen LogP contribution < -0.4 is 14.2 Å². The average molecular weight is 344 g/mol. The van der Waals surface area contributed by atoms with E-state index in [0.29, 0.717) is 33.9 Å². The van der Waals surface area contributed by atoms with Crippen molar-refractivity contribution in [1.29, 1.82) is 0 Å². The fourth-order valence-electron chi connectivity index (χ4n) is 2.30. The zero-order valence-corrected chi connectivity index (χ0v) is 14.6. The van der Waals surface area contributed by atoms with Crippen molar-refractivity contribution >= 4 is 11.8 Å². The molecule has 0 aromatic heterocycles. The number of benzene rings is 2. The summed E-state index contributed by atoms with van der Waals surface area (Å²) in [5.74, 6) is 0.916. The standard InChI is InChI=1S/C19H20O6/c1-12(20)13-5-7-16(22-2)15(9-13)11-25-19(21)14-6-8-17(23-3)18(10-14)24-4/h5-10H,11H2,1-4H3. The lowest BCUT2D eigenvalue weighted by molar-refractivity contribution is 0.0469. The summed E-state index contributed by atoms with van der Waals surface area (Å²) < 4.78 is 20.9. The van der Waals surface area contributed by atoms with E-state index in [1.165, 1.54) is 28.3 Å². The minimum atomic E-state index is -0.517. The van der Waals surface area contributed by atoms with Gasteiger partial charge in [-0.15, -0.1) is 0 Å². The number of hydrogen-bond donors (Lipinski definition) is 0. The summed E-state index contributed by atoms with van der Waals surface area (Å²) >= 11 is 0. The third-order valence-electron chi connectivity index (χ3n) is 3.66. The summed E-state index contributed by atoms with van der Waals surface area (Å²) in [6.45, 7) is 1.46.